The molecule has 1 aromatic carbocycles. The number of aryl methyl sites for hydroxylation is 1. The normalized spacial score (nSPS) is 11.5. The minimum Gasteiger partial charge on any atom is -0.461 e. The van der Waals surface area contributed by atoms with Gasteiger partial charge in [-0.05, 0) is 48.9 Å². The zero-order chi connectivity index (χ0) is 15.8. The standard InChI is InChI=1S/C18H21NO2S/c1-3-5-7-14-9-11-15(12-10-14)19-17(18(20)21-4-2)16-8-6-13-22-16/h6,8-13H,3-5,7H2,1-2H3. The molecule has 0 fully saturated rings. The van der Waals surface area contributed by atoms with E-state index in [0.717, 1.165) is 17.0 Å². The van der Waals surface area contributed by atoms with Crippen molar-refractivity contribution in [2.24, 2.45) is 4.99 Å². The molecule has 0 aliphatic heterocycles. The summed E-state index contributed by atoms with van der Waals surface area (Å²) in [5.74, 6) is -0.375. The topological polar surface area (TPSA) is 38.7 Å². The third kappa shape index (κ3) is 4.53. The van der Waals surface area contributed by atoms with Crippen molar-refractivity contribution in [2.45, 2.75) is 33.1 Å². The van der Waals surface area contributed by atoms with Gasteiger partial charge in [0.2, 0.25) is 0 Å². The summed E-state index contributed by atoms with van der Waals surface area (Å²) in [6.07, 6.45) is 3.45. The molecule has 1 heterocycles. The largest absolute Gasteiger partial charge is 0.461 e. The van der Waals surface area contributed by atoms with Gasteiger partial charge in [-0.25, -0.2) is 9.79 Å². The predicted octanol–water partition coefficient (Wildman–Crippen LogP) is 4.77. The van der Waals surface area contributed by atoms with Crippen LogP contribution in [0.3, 0.4) is 0 Å². The Balaban J connectivity index is 2.23. The first-order valence-electron chi connectivity index (χ1n) is 7.63. The van der Waals surface area contributed by atoms with Crippen LogP contribution in [0.4, 0.5) is 5.69 Å². The highest BCUT2D eigenvalue weighted by molar-refractivity contribution is 7.13. The van der Waals surface area contributed by atoms with E-state index in [-0.39, 0.29) is 5.97 Å². The van der Waals surface area contributed by atoms with Crippen molar-refractivity contribution in [3.63, 3.8) is 0 Å². The summed E-state index contributed by atoms with van der Waals surface area (Å²) in [4.78, 5) is 17.4. The minimum absolute atomic E-state index is 0.346. The molecule has 2 rings (SSSR count). The Morgan fingerprint density at radius 3 is 2.55 bits per heavy atom. The number of benzene rings is 1. The highest BCUT2D eigenvalue weighted by Crippen LogP contribution is 2.19. The SMILES string of the molecule is CCCCc1ccc(N=C(C(=O)OCC)c2cccs2)cc1. The monoisotopic (exact) mass is 315 g/mol. The Bertz CT molecular complexity index is 615. The van der Waals surface area contributed by atoms with E-state index in [1.807, 2.05) is 29.6 Å². The molecule has 0 N–H and O–H groups in total. The predicted molar refractivity (Wildman–Crippen MR) is 92.2 cm³/mol. The van der Waals surface area contributed by atoms with Crippen molar-refractivity contribution in [3.05, 3.63) is 52.2 Å². The fourth-order valence-corrected chi connectivity index (χ4v) is 2.76. The molecule has 0 saturated heterocycles. The van der Waals surface area contributed by atoms with Gasteiger partial charge in [-0.1, -0.05) is 31.5 Å². The van der Waals surface area contributed by atoms with Crippen molar-refractivity contribution >= 4 is 28.7 Å². The second-order valence-corrected chi connectivity index (χ2v) is 5.88. The molecule has 3 nitrogen and oxygen atoms in total. The van der Waals surface area contributed by atoms with Gasteiger partial charge < -0.3 is 4.74 Å². The van der Waals surface area contributed by atoms with Crippen molar-refractivity contribution in [1.29, 1.82) is 0 Å². The van der Waals surface area contributed by atoms with Crippen LogP contribution in [0.15, 0.2) is 46.8 Å². The van der Waals surface area contributed by atoms with Gasteiger partial charge in [-0.3, -0.25) is 0 Å². The van der Waals surface area contributed by atoms with Gasteiger partial charge in [0.25, 0.3) is 0 Å². The molecule has 0 atom stereocenters. The highest BCUT2D eigenvalue weighted by Gasteiger charge is 2.16. The number of esters is 1. The van der Waals surface area contributed by atoms with Crippen molar-refractivity contribution in [3.8, 4) is 0 Å². The van der Waals surface area contributed by atoms with Gasteiger partial charge in [-0.2, -0.15) is 0 Å². The molecule has 0 amide bonds. The molecule has 0 aliphatic rings. The van der Waals surface area contributed by atoms with E-state index >= 15 is 0 Å². The zero-order valence-electron chi connectivity index (χ0n) is 13.0. The molecular weight excluding hydrogens is 294 g/mol. The van der Waals surface area contributed by atoms with Gasteiger partial charge in [0.15, 0.2) is 5.71 Å². The van der Waals surface area contributed by atoms with Gasteiger partial charge in [-0.15, -0.1) is 11.3 Å². The fraction of sp³-hybridized carbons (Fsp3) is 0.333. The lowest BCUT2D eigenvalue weighted by Crippen LogP contribution is -2.17. The molecule has 0 saturated carbocycles. The first-order valence-corrected chi connectivity index (χ1v) is 8.51. The van der Waals surface area contributed by atoms with Gasteiger partial charge in [0.05, 0.1) is 17.2 Å². The van der Waals surface area contributed by atoms with Crippen LogP contribution in [0.5, 0.6) is 0 Å². The lowest BCUT2D eigenvalue weighted by atomic mass is 10.1. The lowest BCUT2D eigenvalue weighted by molar-refractivity contribution is -0.134. The Labute approximate surface area is 135 Å². The number of thiophene rings is 1. The highest BCUT2D eigenvalue weighted by atomic mass is 32.1. The average molecular weight is 315 g/mol. The summed E-state index contributed by atoms with van der Waals surface area (Å²) in [6, 6.07) is 11.9. The number of hydrogen-bond acceptors (Lipinski definition) is 4. The lowest BCUT2D eigenvalue weighted by Gasteiger charge is -2.05. The fourth-order valence-electron chi connectivity index (χ4n) is 2.06. The van der Waals surface area contributed by atoms with Crippen LogP contribution in [0.1, 0.15) is 37.1 Å². The van der Waals surface area contributed by atoms with Crippen LogP contribution >= 0.6 is 11.3 Å². The van der Waals surface area contributed by atoms with E-state index in [9.17, 15) is 4.79 Å². The molecule has 116 valence electrons. The van der Waals surface area contributed by atoms with Gasteiger partial charge in [0, 0.05) is 0 Å². The zero-order valence-corrected chi connectivity index (χ0v) is 13.9. The van der Waals surface area contributed by atoms with E-state index in [2.05, 4.69) is 24.0 Å². The van der Waals surface area contributed by atoms with Crippen molar-refractivity contribution < 1.29 is 9.53 Å². The molecule has 0 spiro atoms. The molecular formula is C18H21NO2S. The van der Waals surface area contributed by atoms with E-state index in [0.29, 0.717) is 12.3 Å². The second kappa shape index (κ2) is 8.49. The van der Waals surface area contributed by atoms with E-state index in [1.165, 1.54) is 29.7 Å². The van der Waals surface area contributed by atoms with Crippen molar-refractivity contribution in [1.82, 2.24) is 0 Å². The molecule has 1 aromatic heterocycles. The molecule has 0 unspecified atom stereocenters. The molecule has 0 radical (unpaired) electrons. The minimum atomic E-state index is -0.375. The molecule has 2 aromatic rings. The second-order valence-electron chi connectivity index (χ2n) is 4.93. The van der Waals surface area contributed by atoms with E-state index in [4.69, 9.17) is 4.74 Å². The van der Waals surface area contributed by atoms with Gasteiger partial charge >= 0.3 is 5.97 Å². The summed E-state index contributed by atoms with van der Waals surface area (Å²) >= 11 is 1.49. The Hall–Kier alpha value is -1.94. The maximum Gasteiger partial charge on any atom is 0.358 e. The maximum atomic E-state index is 12.1. The number of nitrogens with zero attached hydrogens (tertiary/aromatic N) is 1. The molecule has 22 heavy (non-hydrogen) atoms. The summed E-state index contributed by atoms with van der Waals surface area (Å²) < 4.78 is 5.11. The van der Waals surface area contributed by atoms with Gasteiger partial charge in [0.1, 0.15) is 0 Å². The van der Waals surface area contributed by atoms with Crippen molar-refractivity contribution in [2.75, 3.05) is 6.61 Å². The van der Waals surface area contributed by atoms with Crippen LogP contribution in [-0.2, 0) is 16.0 Å². The number of hydrogen-bond donors (Lipinski definition) is 0. The number of aliphatic imine (C=N–C) groups is 1. The number of unbranched alkanes of at least 4 members (excludes halogenated alkanes) is 1. The molecule has 4 heteroatoms. The average Bonchev–Trinajstić information content (AvgIpc) is 3.06. The van der Waals surface area contributed by atoms with Crippen LogP contribution in [0.25, 0.3) is 0 Å². The Kier molecular flexibility index (Phi) is 6.34. The Morgan fingerprint density at radius 2 is 1.95 bits per heavy atom. The van der Waals surface area contributed by atoms with Crippen LogP contribution in [0.2, 0.25) is 0 Å². The maximum absolute atomic E-state index is 12.1. The first kappa shape index (κ1) is 16.4. The van der Waals surface area contributed by atoms with Crippen LogP contribution < -0.4 is 0 Å². The quantitative estimate of drug-likeness (QED) is 0.545. The van der Waals surface area contributed by atoms with E-state index in [1.54, 1.807) is 6.92 Å². The number of carbonyl (C=O) groups excluding carboxylic acids is 1. The third-order valence-electron chi connectivity index (χ3n) is 3.22. The first-order chi connectivity index (χ1) is 10.7. The van der Waals surface area contributed by atoms with Crippen LogP contribution in [0, 0.1) is 0 Å². The number of ether oxygens (including phenoxy) is 1. The Morgan fingerprint density at radius 1 is 1.18 bits per heavy atom. The number of carbonyl (C=O) groups is 1. The summed E-state index contributed by atoms with van der Waals surface area (Å²) in [7, 11) is 0. The smallest absolute Gasteiger partial charge is 0.358 e. The molecule has 0 aliphatic carbocycles. The summed E-state index contributed by atoms with van der Waals surface area (Å²) in [5, 5.41) is 1.93. The third-order valence-corrected chi connectivity index (χ3v) is 4.10. The van der Waals surface area contributed by atoms with E-state index < -0.39 is 0 Å². The molecule has 0 bridgehead atoms. The summed E-state index contributed by atoms with van der Waals surface area (Å²) in [6.45, 7) is 4.33. The summed E-state index contributed by atoms with van der Waals surface area (Å²) in [5.41, 5.74) is 2.45. The van der Waals surface area contributed by atoms with Crippen LogP contribution in [-0.4, -0.2) is 18.3 Å². The number of rotatable bonds is 7.